The average molecular weight is 340 g/mol. The molecule has 1 atom stereocenters. The molecule has 2 rings (SSSR count). The van der Waals surface area contributed by atoms with Crippen LogP contribution in [0.4, 0.5) is 4.39 Å². The first kappa shape index (κ1) is 14.9. The molecule has 1 aliphatic heterocycles. The minimum absolute atomic E-state index is 0.145. The maximum Gasteiger partial charge on any atom is 0.255 e. The van der Waals surface area contributed by atoms with Gasteiger partial charge in [-0.3, -0.25) is 9.69 Å². The largest absolute Gasteiger partial charge is 0.336 e. The van der Waals surface area contributed by atoms with E-state index in [0.717, 1.165) is 0 Å². The highest BCUT2D eigenvalue weighted by molar-refractivity contribution is 9.10. The van der Waals surface area contributed by atoms with Gasteiger partial charge in [-0.25, -0.2) is 4.39 Å². The number of hydrogen-bond acceptors (Lipinski definition) is 3. The molecule has 0 spiro atoms. The Morgan fingerprint density at radius 1 is 1.40 bits per heavy atom. The van der Waals surface area contributed by atoms with Gasteiger partial charge in [-0.05, 0) is 35.0 Å². The van der Waals surface area contributed by atoms with Gasteiger partial charge in [0, 0.05) is 26.2 Å². The summed E-state index contributed by atoms with van der Waals surface area (Å²) in [5, 5.41) is 8.89. The number of carbonyl (C=O) groups is 1. The molecule has 1 aromatic rings. The monoisotopic (exact) mass is 339 g/mol. The molecule has 0 aliphatic carbocycles. The van der Waals surface area contributed by atoms with Crippen LogP contribution >= 0.6 is 15.9 Å². The normalized spacial score (nSPS) is 17.6. The lowest BCUT2D eigenvalue weighted by Crippen LogP contribution is -2.51. The molecule has 0 bridgehead atoms. The summed E-state index contributed by atoms with van der Waals surface area (Å²) in [6, 6.07) is 6.50. The number of benzene rings is 1. The third-order valence-corrected chi connectivity index (χ3v) is 4.32. The Morgan fingerprint density at radius 2 is 2.05 bits per heavy atom. The molecule has 0 saturated carbocycles. The van der Waals surface area contributed by atoms with Crippen molar-refractivity contribution in [1.29, 1.82) is 5.26 Å². The predicted molar refractivity (Wildman–Crippen MR) is 76.7 cm³/mol. The highest BCUT2D eigenvalue weighted by Gasteiger charge is 2.26. The Morgan fingerprint density at radius 3 is 2.65 bits per heavy atom. The van der Waals surface area contributed by atoms with Crippen LogP contribution in [-0.2, 0) is 0 Å². The van der Waals surface area contributed by atoms with Crippen LogP contribution in [0.3, 0.4) is 0 Å². The first-order valence-corrected chi connectivity index (χ1v) is 7.21. The van der Waals surface area contributed by atoms with Gasteiger partial charge in [0.1, 0.15) is 5.82 Å². The Kier molecular flexibility index (Phi) is 4.73. The number of hydrogen-bond donors (Lipinski definition) is 0. The highest BCUT2D eigenvalue weighted by Crippen LogP contribution is 2.22. The third-order valence-electron chi connectivity index (χ3n) is 3.52. The number of piperazine rings is 1. The molecule has 0 radical (unpaired) electrons. The van der Waals surface area contributed by atoms with Gasteiger partial charge >= 0.3 is 0 Å². The zero-order valence-corrected chi connectivity index (χ0v) is 12.7. The van der Waals surface area contributed by atoms with Crippen LogP contribution in [-0.4, -0.2) is 47.9 Å². The molecule has 1 amide bonds. The van der Waals surface area contributed by atoms with Crippen molar-refractivity contribution in [1.82, 2.24) is 9.80 Å². The van der Waals surface area contributed by atoms with Crippen molar-refractivity contribution in [2.45, 2.75) is 13.0 Å². The molecule has 20 heavy (non-hydrogen) atoms. The quantitative estimate of drug-likeness (QED) is 0.830. The van der Waals surface area contributed by atoms with Crippen LogP contribution in [0.25, 0.3) is 0 Å². The third kappa shape index (κ3) is 3.00. The topological polar surface area (TPSA) is 47.3 Å². The Balaban J connectivity index is 2.06. The van der Waals surface area contributed by atoms with E-state index >= 15 is 0 Å². The molecule has 1 saturated heterocycles. The van der Waals surface area contributed by atoms with Crippen molar-refractivity contribution in [3.63, 3.8) is 0 Å². The van der Waals surface area contributed by atoms with E-state index in [-0.39, 0.29) is 16.4 Å². The number of rotatable bonds is 2. The minimum Gasteiger partial charge on any atom is -0.336 e. The van der Waals surface area contributed by atoms with E-state index in [2.05, 4.69) is 22.0 Å². The zero-order chi connectivity index (χ0) is 14.7. The van der Waals surface area contributed by atoms with E-state index in [0.29, 0.717) is 31.7 Å². The SMILES string of the molecule is CC(C#N)N1CCN(C(=O)c2cccc(F)c2Br)CC1. The number of carbonyl (C=O) groups excluding carboxylic acids is 1. The lowest BCUT2D eigenvalue weighted by Gasteiger charge is -2.36. The van der Waals surface area contributed by atoms with Crippen LogP contribution in [0.1, 0.15) is 17.3 Å². The maximum absolute atomic E-state index is 13.5. The van der Waals surface area contributed by atoms with Gasteiger partial charge in [-0.2, -0.15) is 5.26 Å². The second kappa shape index (κ2) is 6.33. The smallest absolute Gasteiger partial charge is 0.255 e. The lowest BCUT2D eigenvalue weighted by molar-refractivity contribution is 0.0614. The first-order chi connectivity index (χ1) is 9.54. The molecule has 0 N–H and O–H groups in total. The summed E-state index contributed by atoms with van der Waals surface area (Å²) >= 11 is 3.12. The zero-order valence-electron chi connectivity index (χ0n) is 11.1. The van der Waals surface area contributed by atoms with Crippen molar-refractivity contribution >= 4 is 21.8 Å². The fourth-order valence-corrected chi connectivity index (χ4v) is 2.67. The molecule has 1 heterocycles. The summed E-state index contributed by atoms with van der Waals surface area (Å²) in [5.74, 6) is -0.617. The summed E-state index contributed by atoms with van der Waals surface area (Å²) < 4.78 is 13.7. The van der Waals surface area contributed by atoms with E-state index in [1.807, 2.05) is 11.8 Å². The predicted octanol–water partition coefficient (Wildman–Crippen LogP) is 2.26. The van der Waals surface area contributed by atoms with Gasteiger partial charge in [0.05, 0.1) is 22.1 Å². The van der Waals surface area contributed by atoms with Gasteiger partial charge in [0.15, 0.2) is 0 Å². The highest BCUT2D eigenvalue weighted by atomic mass is 79.9. The van der Waals surface area contributed by atoms with E-state index in [1.165, 1.54) is 12.1 Å². The molecule has 6 heteroatoms. The van der Waals surface area contributed by atoms with Gasteiger partial charge in [-0.15, -0.1) is 0 Å². The summed E-state index contributed by atoms with van der Waals surface area (Å²) in [5.41, 5.74) is 0.340. The molecule has 0 aromatic heterocycles. The minimum atomic E-state index is -0.437. The van der Waals surface area contributed by atoms with Crippen LogP contribution < -0.4 is 0 Å². The molecule has 1 aromatic carbocycles. The number of nitriles is 1. The summed E-state index contributed by atoms with van der Waals surface area (Å²) in [6.07, 6.45) is 0. The number of nitrogens with zero attached hydrogens (tertiary/aromatic N) is 3. The molecular weight excluding hydrogens is 325 g/mol. The lowest BCUT2D eigenvalue weighted by atomic mass is 10.1. The van der Waals surface area contributed by atoms with E-state index in [4.69, 9.17) is 5.26 Å². The summed E-state index contributed by atoms with van der Waals surface area (Å²) in [6.45, 7) is 4.27. The van der Waals surface area contributed by atoms with Crippen LogP contribution in [0.2, 0.25) is 0 Å². The first-order valence-electron chi connectivity index (χ1n) is 6.41. The van der Waals surface area contributed by atoms with Crippen molar-refractivity contribution in [2.24, 2.45) is 0 Å². The molecular formula is C14H15BrFN3O. The van der Waals surface area contributed by atoms with Gasteiger partial charge < -0.3 is 4.90 Å². The summed E-state index contributed by atoms with van der Waals surface area (Å²) in [7, 11) is 0. The van der Waals surface area contributed by atoms with Crippen LogP contribution in [0, 0.1) is 17.1 Å². The number of halogens is 2. The van der Waals surface area contributed by atoms with Gasteiger partial charge in [-0.1, -0.05) is 6.07 Å². The molecule has 4 nitrogen and oxygen atoms in total. The fourth-order valence-electron chi connectivity index (χ4n) is 2.23. The number of amides is 1. The van der Waals surface area contributed by atoms with Crippen LogP contribution in [0.15, 0.2) is 22.7 Å². The molecule has 106 valence electrons. The Hall–Kier alpha value is -1.45. The fraction of sp³-hybridized carbons (Fsp3) is 0.429. The molecule has 1 aliphatic rings. The second-order valence-corrected chi connectivity index (χ2v) is 5.53. The maximum atomic E-state index is 13.5. The second-order valence-electron chi connectivity index (χ2n) is 4.73. The molecule has 1 fully saturated rings. The van der Waals surface area contributed by atoms with E-state index in [9.17, 15) is 9.18 Å². The standard InChI is InChI=1S/C14H15BrFN3O/c1-10(9-17)18-5-7-19(8-6-18)14(20)11-3-2-4-12(16)13(11)15/h2-4,10H,5-8H2,1H3. The van der Waals surface area contributed by atoms with Gasteiger partial charge in [0.2, 0.25) is 0 Å². The Bertz CT molecular complexity index is 550. The van der Waals surface area contributed by atoms with Crippen LogP contribution in [0.5, 0.6) is 0 Å². The van der Waals surface area contributed by atoms with E-state index < -0.39 is 5.82 Å². The summed E-state index contributed by atoms with van der Waals surface area (Å²) in [4.78, 5) is 16.1. The van der Waals surface area contributed by atoms with Crippen molar-refractivity contribution in [3.05, 3.63) is 34.1 Å². The average Bonchev–Trinajstić information content (AvgIpc) is 2.48. The van der Waals surface area contributed by atoms with Crippen molar-refractivity contribution in [2.75, 3.05) is 26.2 Å². The molecule has 1 unspecified atom stereocenters. The van der Waals surface area contributed by atoms with Gasteiger partial charge in [0.25, 0.3) is 5.91 Å². The van der Waals surface area contributed by atoms with Crippen molar-refractivity contribution in [3.8, 4) is 6.07 Å². The Labute approximate surface area is 125 Å². The van der Waals surface area contributed by atoms with E-state index in [1.54, 1.807) is 11.0 Å². The van der Waals surface area contributed by atoms with Crippen molar-refractivity contribution < 1.29 is 9.18 Å².